The molecule has 0 spiro atoms. The van der Waals surface area contributed by atoms with Gasteiger partial charge in [-0.25, -0.2) is 0 Å². The molecule has 0 amide bonds. The number of benzene rings is 1. The van der Waals surface area contributed by atoms with Crippen LogP contribution in [0.15, 0.2) is 30.3 Å². The number of nitrogens with one attached hydrogen (secondary N) is 1. The fraction of sp³-hybridized carbons (Fsp3) is 0.167. The average molecular weight is 183 g/mol. The Bertz CT molecular complexity index is 432. The Labute approximate surface area is 83.0 Å². The van der Waals surface area contributed by atoms with Crippen LogP contribution in [0.5, 0.6) is 0 Å². The molecule has 3 rings (SSSR count). The first kappa shape index (κ1) is 7.94. The van der Waals surface area contributed by atoms with Crippen molar-refractivity contribution in [3.8, 4) is 0 Å². The highest BCUT2D eigenvalue weighted by molar-refractivity contribution is 5.79. The van der Waals surface area contributed by atoms with Crippen LogP contribution in [0.2, 0.25) is 0 Å². The number of pyridine rings is 1. The molecular weight excluding hydrogens is 172 g/mol. The normalized spacial score (nSPS) is 15.4. The Hall–Kier alpha value is -1.41. The second kappa shape index (κ2) is 3.07. The summed E-state index contributed by atoms with van der Waals surface area (Å²) in [4.78, 5) is 4.60. The molecule has 69 valence electrons. The average Bonchev–Trinajstić information content (AvgIpc) is 2.26. The van der Waals surface area contributed by atoms with Crippen LogP contribution >= 0.6 is 0 Å². The SMILES string of the molecule is [CH]1NCCc2cc3ccccc3nc21. The van der Waals surface area contributed by atoms with E-state index in [4.69, 9.17) is 0 Å². The topological polar surface area (TPSA) is 24.9 Å². The largest absolute Gasteiger partial charge is 0.307 e. The van der Waals surface area contributed by atoms with Crippen molar-refractivity contribution in [2.75, 3.05) is 6.54 Å². The van der Waals surface area contributed by atoms with Crippen LogP contribution in [-0.4, -0.2) is 11.5 Å². The molecule has 1 radical (unpaired) electrons. The molecule has 1 aromatic heterocycles. The van der Waals surface area contributed by atoms with Crippen LogP contribution in [0.1, 0.15) is 11.3 Å². The highest BCUT2D eigenvalue weighted by Crippen LogP contribution is 2.19. The van der Waals surface area contributed by atoms with E-state index in [1.807, 2.05) is 12.6 Å². The molecule has 1 aromatic carbocycles. The van der Waals surface area contributed by atoms with Gasteiger partial charge in [0.05, 0.1) is 17.8 Å². The molecule has 0 aliphatic carbocycles. The van der Waals surface area contributed by atoms with Gasteiger partial charge in [0.25, 0.3) is 0 Å². The van der Waals surface area contributed by atoms with E-state index in [2.05, 4.69) is 34.6 Å². The first-order chi connectivity index (χ1) is 6.93. The van der Waals surface area contributed by atoms with Gasteiger partial charge < -0.3 is 5.32 Å². The smallest absolute Gasteiger partial charge is 0.0712 e. The van der Waals surface area contributed by atoms with Crippen molar-refractivity contribution >= 4 is 10.9 Å². The minimum Gasteiger partial charge on any atom is -0.307 e. The van der Waals surface area contributed by atoms with Gasteiger partial charge in [0, 0.05) is 5.39 Å². The maximum Gasteiger partial charge on any atom is 0.0712 e. The third-order valence-electron chi connectivity index (χ3n) is 2.61. The molecule has 0 fully saturated rings. The number of nitrogens with zero attached hydrogens (tertiary/aromatic N) is 1. The summed E-state index contributed by atoms with van der Waals surface area (Å²) in [6.45, 7) is 3.03. The fourth-order valence-electron chi connectivity index (χ4n) is 1.88. The zero-order valence-corrected chi connectivity index (χ0v) is 7.83. The van der Waals surface area contributed by atoms with Gasteiger partial charge in [0.2, 0.25) is 0 Å². The van der Waals surface area contributed by atoms with Crippen LogP contribution < -0.4 is 5.32 Å². The number of fused-ring (bicyclic) bond motifs is 2. The van der Waals surface area contributed by atoms with Gasteiger partial charge in [-0.3, -0.25) is 4.98 Å². The summed E-state index contributed by atoms with van der Waals surface area (Å²) < 4.78 is 0. The summed E-state index contributed by atoms with van der Waals surface area (Å²) in [5.41, 5.74) is 3.52. The van der Waals surface area contributed by atoms with Crippen molar-refractivity contribution in [1.29, 1.82) is 0 Å². The lowest BCUT2D eigenvalue weighted by Gasteiger charge is -2.15. The molecule has 2 heteroatoms. The quantitative estimate of drug-likeness (QED) is 0.674. The number of hydrogen-bond acceptors (Lipinski definition) is 2. The minimum absolute atomic E-state index is 1.02. The van der Waals surface area contributed by atoms with Crippen molar-refractivity contribution in [3.63, 3.8) is 0 Å². The third-order valence-corrected chi connectivity index (χ3v) is 2.61. The number of aromatic nitrogens is 1. The highest BCUT2D eigenvalue weighted by atomic mass is 14.9. The summed E-state index contributed by atoms with van der Waals surface area (Å²) in [6, 6.07) is 10.5. The molecule has 2 heterocycles. The van der Waals surface area contributed by atoms with E-state index in [-0.39, 0.29) is 0 Å². The second-order valence-electron chi connectivity index (χ2n) is 3.57. The maximum absolute atomic E-state index is 4.60. The Morgan fingerprint density at radius 1 is 1.21 bits per heavy atom. The van der Waals surface area contributed by atoms with Crippen LogP contribution in [0.25, 0.3) is 10.9 Å². The Kier molecular flexibility index (Phi) is 1.74. The summed E-state index contributed by atoms with van der Waals surface area (Å²) in [5, 5.41) is 4.46. The van der Waals surface area contributed by atoms with E-state index in [0.29, 0.717) is 0 Å². The maximum atomic E-state index is 4.60. The Balaban J connectivity index is 2.27. The van der Waals surface area contributed by atoms with Gasteiger partial charge in [0.1, 0.15) is 0 Å². The molecule has 0 bridgehead atoms. The summed E-state index contributed by atoms with van der Waals surface area (Å²) >= 11 is 0. The van der Waals surface area contributed by atoms with Crippen LogP contribution in [-0.2, 0) is 6.42 Å². The third kappa shape index (κ3) is 1.19. The molecule has 0 atom stereocenters. The summed E-state index contributed by atoms with van der Waals surface area (Å²) in [6.07, 6.45) is 1.07. The van der Waals surface area contributed by atoms with Gasteiger partial charge in [0.15, 0.2) is 0 Å². The van der Waals surface area contributed by atoms with Crippen molar-refractivity contribution in [2.45, 2.75) is 6.42 Å². The van der Waals surface area contributed by atoms with E-state index in [1.54, 1.807) is 0 Å². The molecule has 1 aliphatic rings. The molecule has 2 aromatic rings. The van der Waals surface area contributed by atoms with Gasteiger partial charge in [-0.2, -0.15) is 0 Å². The van der Waals surface area contributed by atoms with E-state index in [1.165, 1.54) is 10.9 Å². The predicted octanol–water partition coefficient (Wildman–Crippen LogP) is 1.89. The molecule has 14 heavy (non-hydrogen) atoms. The Morgan fingerprint density at radius 2 is 2.14 bits per heavy atom. The second-order valence-corrected chi connectivity index (χ2v) is 3.57. The summed E-state index contributed by atoms with van der Waals surface area (Å²) in [7, 11) is 0. The number of para-hydroxylation sites is 1. The lowest BCUT2D eigenvalue weighted by atomic mass is 10.0. The van der Waals surface area contributed by atoms with Gasteiger partial charge in [-0.05, 0) is 30.7 Å². The molecule has 2 nitrogen and oxygen atoms in total. The van der Waals surface area contributed by atoms with Gasteiger partial charge >= 0.3 is 0 Å². The zero-order valence-electron chi connectivity index (χ0n) is 7.83. The molecule has 1 N–H and O–H groups in total. The van der Waals surface area contributed by atoms with Crippen molar-refractivity contribution in [2.24, 2.45) is 0 Å². The first-order valence-electron chi connectivity index (χ1n) is 4.89. The molecule has 1 aliphatic heterocycles. The van der Waals surface area contributed by atoms with Crippen LogP contribution in [0.3, 0.4) is 0 Å². The first-order valence-corrected chi connectivity index (χ1v) is 4.89. The van der Waals surface area contributed by atoms with Crippen molar-refractivity contribution in [1.82, 2.24) is 10.3 Å². The van der Waals surface area contributed by atoms with Crippen molar-refractivity contribution < 1.29 is 0 Å². The Morgan fingerprint density at radius 3 is 3.14 bits per heavy atom. The lowest BCUT2D eigenvalue weighted by Crippen LogP contribution is -2.22. The standard InChI is InChI=1S/C12H11N2/c1-2-4-11-9(3-1)7-10-5-6-13-8-12(10)14-11/h1-4,7-8,13H,5-6H2. The van der Waals surface area contributed by atoms with E-state index < -0.39 is 0 Å². The van der Waals surface area contributed by atoms with Crippen LogP contribution in [0.4, 0.5) is 0 Å². The van der Waals surface area contributed by atoms with Gasteiger partial charge in [-0.1, -0.05) is 18.2 Å². The monoisotopic (exact) mass is 183 g/mol. The molecular formula is C12H11N2. The van der Waals surface area contributed by atoms with E-state index in [0.717, 1.165) is 24.2 Å². The lowest BCUT2D eigenvalue weighted by molar-refractivity contribution is 0.741. The van der Waals surface area contributed by atoms with E-state index in [9.17, 15) is 0 Å². The van der Waals surface area contributed by atoms with Crippen molar-refractivity contribution in [3.05, 3.63) is 48.1 Å². The zero-order chi connectivity index (χ0) is 9.38. The number of rotatable bonds is 0. The summed E-state index contributed by atoms with van der Waals surface area (Å²) in [5.74, 6) is 0. The molecule has 0 saturated carbocycles. The van der Waals surface area contributed by atoms with E-state index >= 15 is 0 Å². The van der Waals surface area contributed by atoms with Gasteiger partial charge in [-0.15, -0.1) is 0 Å². The predicted molar refractivity (Wildman–Crippen MR) is 56.9 cm³/mol. The minimum atomic E-state index is 1.02. The highest BCUT2D eigenvalue weighted by Gasteiger charge is 2.10. The molecule has 0 unspecified atom stereocenters. The molecule has 0 saturated heterocycles. The fourth-order valence-corrected chi connectivity index (χ4v) is 1.88. The van der Waals surface area contributed by atoms with Crippen LogP contribution in [0, 0.1) is 6.54 Å². The number of hydrogen-bond donors (Lipinski definition) is 1.